The zero-order valence-corrected chi connectivity index (χ0v) is 14.6. The van der Waals surface area contributed by atoms with Crippen molar-refractivity contribution in [3.05, 3.63) is 63.6 Å². The van der Waals surface area contributed by atoms with E-state index in [1.165, 1.54) is 24.0 Å². The highest BCUT2D eigenvalue weighted by molar-refractivity contribution is 9.10. The van der Waals surface area contributed by atoms with Crippen molar-refractivity contribution in [2.75, 3.05) is 13.2 Å². The molecule has 0 atom stereocenters. The molecule has 3 rings (SSSR count). The van der Waals surface area contributed by atoms with Crippen LogP contribution in [0.15, 0.2) is 46.9 Å². The molecule has 0 radical (unpaired) electrons. The minimum absolute atomic E-state index is 0.0730. The standard InChI is InChI=1S/C19H20BrNO2/c20-16-10-8-15(9-11-16)19(22)21-12-13-23-18-7-3-5-14-4-1-2-6-17(14)18/h3,5,7-11H,1-2,4,6,12-13H2,(H,21,22). The number of carbonyl (C=O) groups excluding carboxylic acids is 1. The molecule has 0 aliphatic heterocycles. The number of benzene rings is 2. The van der Waals surface area contributed by atoms with Crippen LogP contribution in [0.25, 0.3) is 0 Å². The molecule has 1 aliphatic rings. The van der Waals surface area contributed by atoms with E-state index in [4.69, 9.17) is 4.74 Å². The molecular formula is C19H20BrNO2. The monoisotopic (exact) mass is 373 g/mol. The molecule has 1 amide bonds. The molecule has 2 aromatic carbocycles. The van der Waals surface area contributed by atoms with Crippen molar-refractivity contribution in [2.24, 2.45) is 0 Å². The molecule has 0 bridgehead atoms. The Balaban J connectivity index is 1.50. The van der Waals surface area contributed by atoms with Crippen LogP contribution in [-0.2, 0) is 12.8 Å². The van der Waals surface area contributed by atoms with Gasteiger partial charge in [-0.2, -0.15) is 0 Å². The number of aryl methyl sites for hydroxylation is 1. The SMILES string of the molecule is O=C(NCCOc1cccc2c1CCCC2)c1ccc(Br)cc1. The number of nitrogens with one attached hydrogen (secondary N) is 1. The molecule has 0 spiro atoms. The van der Waals surface area contributed by atoms with E-state index in [0.29, 0.717) is 18.7 Å². The van der Waals surface area contributed by atoms with E-state index < -0.39 is 0 Å². The van der Waals surface area contributed by atoms with Gasteiger partial charge in [0.25, 0.3) is 5.91 Å². The van der Waals surface area contributed by atoms with Gasteiger partial charge in [-0.15, -0.1) is 0 Å². The van der Waals surface area contributed by atoms with Crippen LogP contribution in [0.4, 0.5) is 0 Å². The topological polar surface area (TPSA) is 38.3 Å². The highest BCUT2D eigenvalue weighted by Crippen LogP contribution is 2.29. The molecule has 2 aromatic rings. The third kappa shape index (κ3) is 4.14. The quantitative estimate of drug-likeness (QED) is 0.799. The summed E-state index contributed by atoms with van der Waals surface area (Å²) in [4.78, 5) is 12.0. The average molecular weight is 374 g/mol. The van der Waals surface area contributed by atoms with E-state index in [9.17, 15) is 4.79 Å². The van der Waals surface area contributed by atoms with E-state index in [1.54, 1.807) is 12.1 Å². The maximum absolute atomic E-state index is 12.0. The Morgan fingerprint density at radius 3 is 2.70 bits per heavy atom. The Kier molecular flexibility index (Phi) is 5.34. The van der Waals surface area contributed by atoms with Crippen molar-refractivity contribution >= 4 is 21.8 Å². The van der Waals surface area contributed by atoms with Crippen LogP contribution in [0.3, 0.4) is 0 Å². The summed E-state index contributed by atoms with van der Waals surface area (Å²) in [5.74, 6) is 0.899. The third-order valence-electron chi connectivity index (χ3n) is 4.10. The maximum Gasteiger partial charge on any atom is 0.251 e. The fourth-order valence-electron chi connectivity index (χ4n) is 2.91. The fourth-order valence-corrected chi connectivity index (χ4v) is 3.17. The molecule has 0 unspecified atom stereocenters. The van der Waals surface area contributed by atoms with Crippen molar-refractivity contribution in [2.45, 2.75) is 25.7 Å². The van der Waals surface area contributed by atoms with Crippen LogP contribution in [-0.4, -0.2) is 19.1 Å². The van der Waals surface area contributed by atoms with Gasteiger partial charge in [0.2, 0.25) is 0 Å². The predicted octanol–water partition coefficient (Wildman–Crippen LogP) is 4.14. The Hall–Kier alpha value is -1.81. The minimum atomic E-state index is -0.0730. The summed E-state index contributed by atoms with van der Waals surface area (Å²) < 4.78 is 6.85. The van der Waals surface area contributed by atoms with Crippen molar-refractivity contribution < 1.29 is 9.53 Å². The number of amides is 1. The molecule has 0 saturated heterocycles. The van der Waals surface area contributed by atoms with Crippen LogP contribution < -0.4 is 10.1 Å². The molecule has 0 saturated carbocycles. The van der Waals surface area contributed by atoms with Gasteiger partial charge in [0.05, 0.1) is 6.54 Å². The second kappa shape index (κ2) is 7.64. The first kappa shape index (κ1) is 16.1. The van der Waals surface area contributed by atoms with E-state index in [1.807, 2.05) is 18.2 Å². The van der Waals surface area contributed by atoms with E-state index in [-0.39, 0.29) is 5.91 Å². The zero-order valence-electron chi connectivity index (χ0n) is 13.0. The van der Waals surface area contributed by atoms with Crippen LogP contribution in [0.5, 0.6) is 5.75 Å². The van der Waals surface area contributed by atoms with Gasteiger partial charge >= 0.3 is 0 Å². The van der Waals surface area contributed by atoms with Gasteiger partial charge in [-0.05, 0) is 67.1 Å². The molecule has 4 heteroatoms. The van der Waals surface area contributed by atoms with Gasteiger partial charge < -0.3 is 10.1 Å². The number of ether oxygens (including phenoxy) is 1. The van der Waals surface area contributed by atoms with Gasteiger partial charge in [0, 0.05) is 10.0 Å². The summed E-state index contributed by atoms with van der Waals surface area (Å²) in [6.07, 6.45) is 4.73. The molecule has 3 nitrogen and oxygen atoms in total. The lowest BCUT2D eigenvalue weighted by Gasteiger charge is -2.19. The number of hydrogen-bond acceptors (Lipinski definition) is 2. The van der Waals surface area contributed by atoms with Crippen LogP contribution in [0.1, 0.15) is 34.3 Å². The summed E-state index contributed by atoms with van der Waals surface area (Å²) in [5.41, 5.74) is 3.41. The summed E-state index contributed by atoms with van der Waals surface area (Å²) >= 11 is 3.36. The van der Waals surface area contributed by atoms with Crippen molar-refractivity contribution in [1.82, 2.24) is 5.32 Å². The first-order valence-corrected chi connectivity index (χ1v) is 8.80. The molecular weight excluding hydrogens is 354 g/mol. The first-order valence-electron chi connectivity index (χ1n) is 8.01. The Labute approximate surface area is 145 Å². The smallest absolute Gasteiger partial charge is 0.251 e. The lowest BCUT2D eigenvalue weighted by Crippen LogP contribution is -2.28. The number of halogens is 1. The number of fused-ring (bicyclic) bond motifs is 1. The third-order valence-corrected chi connectivity index (χ3v) is 4.63. The van der Waals surface area contributed by atoms with Crippen molar-refractivity contribution in [1.29, 1.82) is 0 Å². The Morgan fingerprint density at radius 2 is 1.87 bits per heavy atom. The molecule has 0 heterocycles. The zero-order chi connectivity index (χ0) is 16.1. The minimum Gasteiger partial charge on any atom is -0.491 e. The number of carbonyl (C=O) groups is 1. The lowest BCUT2D eigenvalue weighted by atomic mass is 9.91. The van der Waals surface area contributed by atoms with Crippen LogP contribution in [0, 0.1) is 0 Å². The maximum atomic E-state index is 12.0. The second-order valence-electron chi connectivity index (χ2n) is 5.71. The molecule has 0 aromatic heterocycles. The molecule has 1 N–H and O–H groups in total. The summed E-state index contributed by atoms with van der Waals surface area (Å²) in [6.45, 7) is 0.983. The average Bonchev–Trinajstić information content (AvgIpc) is 2.59. The normalized spacial score (nSPS) is 13.3. The fraction of sp³-hybridized carbons (Fsp3) is 0.316. The Morgan fingerprint density at radius 1 is 1.09 bits per heavy atom. The largest absolute Gasteiger partial charge is 0.491 e. The van der Waals surface area contributed by atoms with Crippen LogP contribution >= 0.6 is 15.9 Å². The molecule has 23 heavy (non-hydrogen) atoms. The van der Waals surface area contributed by atoms with Gasteiger partial charge in [0.15, 0.2) is 0 Å². The number of rotatable bonds is 5. The highest BCUT2D eigenvalue weighted by atomic mass is 79.9. The molecule has 1 aliphatic carbocycles. The summed E-state index contributed by atoms with van der Waals surface area (Å²) in [5, 5.41) is 2.89. The number of hydrogen-bond donors (Lipinski definition) is 1. The Bertz CT molecular complexity index is 682. The van der Waals surface area contributed by atoms with Gasteiger partial charge in [-0.3, -0.25) is 4.79 Å². The van der Waals surface area contributed by atoms with E-state index in [2.05, 4.69) is 33.4 Å². The lowest BCUT2D eigenvalue weighted by molar-refractivity contribution is 0.0947. The summed E-state index contributed by atoms with van der Waals surface area (Å²) in [6, 6.07) is 13.6. The van der Waals surface area contributed by atoms with Crippen molar-refractivity contribution in [3.8, 4) is 5.75 Å². The summed E-state index contributed by atoms with van der Waals surface area (Å²) in [7, 11) is 0. The van der Waals surface area contributed by atoms with E-state index >= 15 is 0 Å². The molecule has 0 fully saturated rings. The van der Waals surface area contributed by atoms with Gasteiger partial charge in [-0.1, -0.05) is 28.1 Å². The van der Waals surface area contributed by atoms with Crippen LogP contribution in [0.2, 0.25) is 0 Å². The second-order valence-corrected chi connectivity index (χ2v) is 6.63. The first-order chi connectivity index (χ1) is 11.2. The van der Waals surface area contributed by atoms with E-state index in [0.717, 1.165) is 23.1 Å². The van der Waals surface area contributed by atoms with Gasteiger partial charge in [0.1, 0.15) is 12.4 Å². The van der Waals surface area contributed by atoms with Crippen molar-refractivity contribution in [3.63, 3.8) is 0 Å². The highest BCUT2D eigenvalue weighted by Gasteiger charge is 2.13. The molecule has 120 valence electrons. The predicted molar refractivity (Wildman–Crippen MR) is 95.1 cm³/mol. The van der Waals surface area contributed by atoms with Gasteiger partial charge in [-0.25, -0.2) is 0 Å².